The Balaban J connectivity index is 0.00000400. The standard InChI is InChI=1S/C15H31N3O2.HI/c1-4-16-15(17-9-10-20-11-12(2)3)18-13-5-7-14(19)8-6-13;/h12-14,19H,4-11H2,1-3H3,(H2,16,17,18);1H. The maximum absolute atomic E-state index is 9.52. The molecule has 1 aliphatic rings. The molecule has 0 aliphatic heterocycles. The summed E-state index contributed by atoms with van der Waals surface area (Å²) in [5.74, 6) is 1.43. The Morgan fingerprint density at radius 2 is 1.95 bits per heavy atom. The lowest BCUT2D eigenvalue weighted by atomic mass is 9.93. The molecule has 0 heterocycles. The van der Waals surface area contributed by atoms with E-state index in [-0.39, 0.29) is 30.1 Å². The van der Waals surface area contributed by atoms with Crippen LogP contribution < -0.4 is 10.6 Å². The largest absolute Gasteiger partial charge is 0.393 e. The Kier molecular flexibility index (Phi) is 12.4. The van der Waals surface area contributed by atoms with Crippen molar-refractivity contribution < 1.29 is 9.84 Å². The summed E-state index contributed by atoms with van der Waals surface area (Å²) in [5, 5.41) is 16.2. The predicted octanol–water partition coefficient (Wildman–Crippen LogP) is 2.14. The number of aliphatic hydroxyl groups is 1. The Labute approximate surface area is 146 Å². The minimum atomic E-state index is -0.114. The molecule has 0 aromatic heterocycles. The smallest absolute Gasteiger partial charge is 0.191 e. The van der Waals surface area contributed by atoms with Crippen molar-refractivity contribution in [2.45, 2.75) is 58.6 Å². The van der Waals surface area contributed by atoms with Crippen LogP contribution in [0, 0.1) is 5.92 Å². The number of hydrogen-bond donors (Lipinski definition) is 3. The van der Waals surface area contributed by atoms with E-state index >= 15 is 0 Å². The van der Waals surface area contributed by atoms with Crippen LogP contribution in [0.4, 0.5) is 0 Å². The van der Waals surface area contributed by atoms with Gasteiger partial charge >= 0.3 is 0 Å². The van der Waals surface area contributed by atoms with Crippen LogP contribution >= 0.6 is 24.0 Å². The fourth-order valence-corrected chi connectivity index (χ4v) is 2.27. The number of halogens is 1. The van der Waals surface area contributed by atoms with Gasteiger partial charge in [0.25, 0.3) is 0 Å². The highest BCUT2D eigenvalue weighted by Crippen LogP contribution is 2.18. The molecule has 5 nitrogen and oxygen atoms in total. The zero-order chi connectivity index (χ0) is 14.8. The Morgan fingerprint density at radius 1 is 1.29 bits per heavy atom. The van der Waals surface area contributed by atoms with Crippen molar-refractivity contribution in [2.24, 2.45) is 10.9 Å². The normalized spacial score (nSPS) is 22.8. The fourth-order valence-electron chi connectivity index (χ4n) is 2.27. The van der Waals surface area contributed by atoms with Crippen molar-refractivity contribution in [1.29, 1.82) is 0 Å². The van der Waals surface area contributed by atoms with Gasteiger partial charge in [-0.05, 0) is 38.5 Å². The van der Waals surface area contributed by atoms with E-state index in [0.29, 0.717) is 25.1 Å². The molecular formula is C15H32IN3O2. The van der Waals surface area contributed by atoms with Crippen LogP contribution in [0.1, 0.15) is 46.5 Å². The van der Waals surface area contributed by atoms with Gasteiger partial charge in [-0.1, -0.05) is 13.8 Å². The van der Waals surface area contributed by atoms with Gasteiger partial charge in [-0.3, -0.25) is 4.99 Å². The average Bonchev–Trinajstić information content (AvgIpc) is 2.40. The summed E-state index contributed by atoms with van der Waals surface area (Å²) in [7, 11) is 0. The number of nitrogens with zero attached hydrogens (tertiary/aromatic N) is 1. The summed E-state index contributed by atoms with van der Waals surface area (Å²) in [4.78, 5) is 4.53. The minimum Gasteiger partial charge on any atom is -0.393 e. The molecule has 0 unspecified atom stereocenters. The van der Waals surface area contributed by atoms with E-state index in [9.17, 15) is 5.11 Å². The number of aliphatic hydroxyl groups excluding tert-OH is 1. The van der Waals surface area contributed by atoms with Crippen molar-refractivity contribution >= 4 is 29.9 Å². The van der Waals surface area contributed by atoms with Crippen LogP contribution in [0.5, 0.6) is 0 Å². The Morgan fingerprint density at radius 3 is 2.52 bits per heavy atom. The third-order valence-corrected chi connectivity index (χ3v) is 3.34. The number of hydrogen-bond acceptors (Lipinski definition) is 3. The van der Waals surface area contributed by atoms with Crippen molar-refractivity contribution in [1.82, 2.24) is 10.6 Å². The van der Waals surface area contributed by atoms with Gasteiger partial charge in [0.15, 0.2) is 5.96 Å². The summed E-state index contributed by atoms with van der Waals surface area (Å²) >= 11 is 0. The summed E-state index contributed by atoms with van der Waals surface area (Å²) in [6, 6.07) is 0.424. The van der Waals surface area contributed by atoms with Gasteiger partial charge in [0.1, 0.15) is 0 Å². The van der Waals surface area contributed by atoms with Crippen molar-refractivity contribution in [2.75, 3.05) is 26.3 Å². The maximum atomic E-state index is 9.52. The number of nitrogens with one attached hydrogen (secondary N) is 2. The van der Waals surface area contributed by atoms with Gasteiger partial charge in [-0.15, -0.1) is 24.0 Å². The zero-order valence-electron chi connectivity index (χ0n) is 13.6. The second-order valence-electron chi connectivity index (χ2n) is 5.88. The van der Waals surface area contributed by atoms with E-state index in [1.807, 2.05) is 0 Å². The third-order valence-electron chi connectivity index (χ3n) is 3.34. The first-order valence-corrected chi connectivity index (χ1v) is 7.92. The number of guanidine groups is 1. The van der Waals surface area contributed by atoms with E-state index in [0.717, 1.165) is 44.8 Å². The number of ether oxygens (including phenoxy) is 1. The highest BCUT2D eigenvalue weighted by atomic mass is 127. The Hall–Kier alpha value is -0.0800. The van der Waals surface area contributed by atoms with Gasteiger partial charge in [-0.25, -0.2) is 0 Å². The molecule has 3 N–H and O–H groups in total. The lowest BCUT2D eigenvalue weighted by molar-refractivity contribution is 0.116. The average molecular weight is 413 g/mol. The topological polar surface area (TPSA) is 65.9 Å². The van der Waals surface area contributed by atoms with Crippen molar-refractivity contribution in [3.63, 3.8) is 0 Å². The monoisotopic (exact) mass is 413 g/mol. The first kappa shape index (κ1) is 20.9. The Bertz CT molecular complexity index is 280. The van der Waals surface area contributed by atoms with Crippen molar-refractivity contribution in [3.8, 4) is 0 Å². The first-order chi connectivity index (χ1) is 9.61. The highest BCUT2D eigenvalue weighted by molar-refractivity contribution is 14.0. The number of rotatable bonds is 7. The highest BCUT2D eigenvalue weighted by Gasteiger charge is 2.19. The molecule has 126 valence electrons. The van der Waals surface area contributed by atoms with E-state index in [1.165, 1.54) is 0 Å². The van der Waals surface area contributed by atoms with Gasteiger partial charge < -0.3 is 20.5 Å². The molecule has 0 aromatic rings. The van der Waals surface area contributed by atoms with Gasteiger partial charge in [0.2, 0.25) is 0 Å². The molecule has 0 radical (unpaired) electrons. The molecule has 1 rings (SSSR count). The summed E-state index contributed by atoms with van der Waals surface area (Å²) < 4.78 is 5.53. The van der Waals surface area contributed by atoms with E-state index in [2.05, 4.69) is 36.4 Å². The zero-order valence-corrected chi connectivity index (χ0v) is 15.9. The summed E-state index contributed by atoms with van der Waals surface area (Å²) in [5.41, 5.74) is 0. The molecule has 1 fully saturated rings. The molecule has 0 bridgehead atoms. The lowest BCUT2D eigenvalue weighted by Crippen LogP contribution is -2.45. The SMILES string of the molecule is CCNC(=NCCOCC(C)C)NC1CCC(O)CC1.I. The summed E-state index contributed by atoms with van der Waals surface area (Å²) in [6.07, 6.45) is 3.67. The number of aliphatic imine (C=N–C) groups is 1. The van der Waals surface area contributed by atoms with Gasteiger partial charge in [0, 0.05) is 19.2 Å². The van der Waals surface area contributed by atoms with Crippen LogP contribution in [0.15, 0.2) is 4.99 Å². The molecule has 6 heteroatoms. The molecular weight excluding hydrogens is 381 g/mol. The van der Waals surface area contributed by atoms with Crippen LogP contribution in [0.3, 0.4) is 0 Å². The lowest BCUT2D eigenvalue weighted by Gasteiger charge is -2.27. The molecule has 0 atom stereocenters. The molecule has 0 amide bonds. The third kappa shape index (κ3) is 10.3. The van der Waals surface area contributed by atoms with E-state index < -0.39 is 0 Å². The van der Waals surface area contributed by atoms with Crippen LogP contribution in [-0.4, -0.2) is 49.5 Å². The molecule has 21 heavy (non-hydrogen) atoms. The first-order valence-electron chi connectivity index (χ1n) is 7.92. The molecule has 0 saturated heterocycles. The second kappa shape index (κ2) is 12.5. The van der Waals surface area contributed by atoms with Crippen LogP contribution in [0.2, 0.25) is 0 Å². The fraction of sp³-hybridized carbons (Fsp3) is 0.933. The minimum absolute atomic E-state index is 0. The molecule has 1 saturated carbocycles. The molecule has 1 aliphatic carbocycles. The predicted molar refractivity (Wildman–Crippen MR) is 98.4 cm³/mol. The maximum Gasteiger partial charge on any atom is 0.191 e. The van der Waals surface area contributed by atoms with Gasteiger partial charge in [0.05, 0.1) is 19.3 Å². The van der Waals surface area contributed by atoms with E-state index in [1.54, 1.807) is 0 Å². The van der Waals surface area contributed by atoms with Crippen molar-refractivity contribution in [3.05, 3.63) is 0 Å². The van der Waals surface area contributed by atoms with Gasteiger partial charge in [-0.2, -0.15) is 0 Å². The van der Waals surface area contributed by atoms with Crippen LogP contribution in [-0.2, 0) is 4.74 Å². The van der Waals surface area contributed by atoms with E-state index in [4.69, 9.17) is 4.74 Å². The molecule has 0 spiro atoms. The molecule has 0 aromatic carbocycles. The second-order valence-corrected chi connectivity index (χ2v) is 5.88. The van der Waals surface area contributed by atoms with Crippen LogP contribution in [0.25, 0.3) is 0 Å². The quantitative estimate of drug-likeness (QED) is 0.259. The summed E-state index contributed by atoms with van der Waals surface area (Å²) in [6.45, 7) is 9.35.